The van der Waals surface area contributed by atoms with E-state index in [0.717, 1.165) is 49.4 Å². The average Bonchev–Trinajstić information content (AvgIpc) is 3.86. The summed E-state index contributed by atoms with van der Waals surface area (Å²) >= 11 is 1.73. The molecule has 0 N–H and O–H groups in total. The van der Waals surface area contributed by atoms with Crippen molar-refractivity contribution in [1.29, 1.82) is 0 Å². The van der Waals surface area contributed by atoms with Crippen LogP contribution in [-0.2, 0) is 0 Å². The number of nitrogens with zero attached hydrogens (tertiary/aromatic N) is 4. The molecule has 238 valence electrons. The molecular weight excluding hydrogens is 641 g/mol. The van der Waals surface area contributed by atoms with E-state index in [9.17, 15) is 0 Å². The molecule has 0 aliphatic heterocycles. The van der Waals surface area contributed by atoms with Crippen LogP contribution in [0.15, 0.2) is 170 Å². The lowest BCUT2D eigenvalue weighted by Gasteiger charge is -2.16. The lowest BCUT2D eigenvalue weighted by Crippen LogP contribution is -2.02. The Morgan fingerprint density at radius 1 is 0.431 bits per heavy atom. The van der Waals surface area contributed by atoms with E-state index >= 15 is 0 Å². The number of aromatic nitrogens is 4. The van der Waals surface area contributed by atoms with E-state index in [4.69, 9.17) is 9.97 Å². The summed E-state index contributed by atoms with van der Waals surface area (Å²) in [4.78, 5) is 11.8. The number of fused-ring (bicyclic) bond motifs is 10. The molecule has 4 aromatic heterocycles. The van der Waals surface area contributed by atoms with Gasteiger partial charge in [0.05, 0.1) is 33.4 Å². The van der Waals surface area contributed by atoms with Crippen LogP contribution in [-0.4, -0.2) is 19.1 Å². The van der Waals surface area contributed by atoms with Crippen molar-refractivity contribution in [2.45, 2.75) is 0 Å². The van der Waals surface area contributed by atoms with Gasteiger partial charge in [-0.3, -0.25) is 0 Å². The molecule has 7 aromatic carbocycles. The second kappa shape index (κ2) is 11.0. The van der Waals surface area contributed by atoms with Crippen molar-refractivity contribution in [2.24, 2.45) is 0 Å². The van der Waals surface area contributed by atoms with Crippen molar-refractivity contribution in [2.75, 3.05) is 0 Å². The average molecular weight is 669 g/mol. The number of benzene rings is 7. The Bertz CT molecular complexity index is 3130. The van der Waals surface area contributed by atoms with E-state index in [2.05, 4.69) is 179 Å². The minimum atomic E-state index is 0.713. The number of hydrogen-bond acceptors (Lipinski definition) is 3. The SMILES string of the molecule is c1ccc(-c2nc(-c3ccccc3-n3c4ccccc4c4ccc5c6ccccc6n(-c6ccccc6)c5c43)nc3sc4ccccc4c23)cc1. The van der Waals surface area contributed by atoms with Crippen molar-refractivity contribution in [3.63, 3.8) is 0 Å². The van der Waals surface area contributed by atoms with Crippen molar-refractivity contribution in [3.8, 4) is 34.0 Å². The molecular formula is C46H28N4S. The highest BCUT2D eigenvalue weighted by Crippen LogP contribution is 2.44. The van der Waals surface area contributed by atoms with Crippen LogP contribution in [0.2, 0.25) is 0 Å². The molecule has 0 amide bonds. The monoisotopic (exact) mass is 668 g/mol. The standard InChI is InChI=1S/C46H28N4S/c1-3-15-29(16-4-1)42-41-36-22-10-14-26-40(36)51-46(41)48-45(47-42)35-21-9-13-25-39(35)50-38-24-12-8-20-32(38)34-28-27-33-31-19-7-11-23-37(31)49(43(33)44(34)50)30-17-5-2-6-18-30/h1-28H. The first-order valence-corrected chi connectivity index (χ1v) is 18.0. The van der Waals surface area contributed by atoms with Crippen LogP contribution in [0.25, 0.3) is 97.9 Å². The quantitative estimate of drug-likeness (QED) is 0.187. The van der Waals surface area contributed by atoms with E-state index in [1.165, 1.54) is 42.7 Å². The summed E-state index contributed by atoms with van der Waals surface area (Å²) in [7, 11) is 0. The van der Waals surface area contributed by atoms with Crippen LogP contribution in [0.4, 0.5) is 0 Å². The third kappa shape index (κ3) is 4.13. The zero-order chi connectivity index (χ0) is 33.5. The smallest absolute Gasteiger partial charge is 0.163 e. The van der Waals surface area contributed by atoms with E-state index in [1.807, 2.05) is 0 Å². The fourth-order valence-electron chi connectivity index (χ4n) is 8.00. The Balaban J connectivity index is 1.28. The highest BCUT2D eigenvalue weighted by molar-refractivity contribution is 7.25. The Morgan fingerprint density at radius 2 is 1.00 bits per heavy atom. The molecule has 0 unspecified atom stereocenters. The summed E-state index contributed by atoms with van der Waals surface area (Å²) in [6.45, 7) is 0. The Labute approximate surface area is 297 Å². The van der Waals surface area contributed by atoms with Crippen LogP contribution < -0.4 is 0 Å². The van der Waals surface area contributed by atoms with Gasteiger partial charge in [0.15, 0.2) is 5.82 Å². The van der Waals surface area contributed by atoms with Gasteiger partial charge >= 0.3 is 0 Å². The number of thiophene rings is 1. The molecule has 0 atom stereocenters. The lowest BCUT2D eigenvalue weighted by molar-refractivity contribution is 1.14. The molecule has 0 aliphatic carbocycles. The van der Waals surface area contributed by atoms with Gasteiger partial charge in [-0.2, -0.15) is 0 Å². The molecule has 51 heavy (non-hydrogen) atoms. The molecule has 5 heteroatoms. The van der Waals surface area contributed by atoms with Gasteiger partial charge < -0.3 is 9.13 Å². The molecule has 0 fully saturated rings. The summed E-state index contributed by atoms with van der Waals surface area (Å²) in [5, 5.41) is 7.16. The molecule has 0 bridgehead atoms. The number of para-hydroxylation sites is 4. The summed E-state index contributed by atoms with van der Waals surface area (Å²) in [5.41, 5.74) is 9.86. The molecule has 11 rings (SSSR count). The third-order valence-corrected chi connectivity index (χ3v) is 11.2. The molecule has 4 nitrogen and oxygen atoms in total. The zero-order valence-electron chi connectivity index (χ0n) is 27.4. The number of hydrogen-bond donors (Lipinski definition) is 0. The maximum absolute atomic E-state index is 5.43. The van der Waals surface area contributed by atoms with Gasteiger partial charge in [0.25, 0.3) is 0 Å². The molecule has 0 saturated carbocycles. The molecule has 4 heterocycles. The van der Waals surface area contributed by atoms with Crippen molar-refractivity contribution < 1.29 is 0 Å². The van der Waals surface area contributed by atoms with Crippen LogP contribution in [0, 0.1) is 0 Å². The van der Waals surface area contributed by atoms with Gasteiger partial charge in [-0.1, -0.05) is 127 Å². The van der Waals surface area contributed by atoms with Crippen LogP contribution >= 0.6 is 11.3 Å². The van der Waals surface area contributed by atoms with E-state index in [1.54, 1.807) is 11.3 Å². The summed E-state index contributed by atoms with van der Waals surface area (Å²) in [5.74, 6) is 0.713. The highest BCUT2D eigenvalue weighted by atomic mass is 32.1. The lowest BCUT2D eigenvalue weighted by atomic mass is 10.1. The second-order valence-corrected chi connectivity index (χ2v) is 14.0. The largest absolute Gasteiger partial charge is 0.307 e. The van der Waals surface area contributed by atoms with Gasteiger partial charge in [-0.15, -0.1) is 11.3 Å². The predicted octanol–water partition coefficient (Wildman–Crippen LogP) is 12.4. The van der Waals surface area contributed by atoms with Gasteiger partial charge in [0.1, 0.15) is 4.83 Å². The first kappa shape index (κ1) is 28.3. The zero-order valence-corrected chi connectivity index (χ0v) is 28.2. The van der Waals surface area contributed by atoms with Crippen LogP contribution in [0.1, 0.15) is 0 Å². The van der Waals surface area contributed by atoms with Gasteiger partial charge in [-0.05, 0) is 42.5 Å². The van der Waals surface area contributed by atoms with Gasteiger partial charge in [-0.25, -0.2) is 9.97 Å². The molecule has 0 aliphatic rings. The van der Waals surface area contributed by atoms with Crippen LogP contribution in [0.3, 0.4) is 0 Å². The van der Waals surface area contributed by atoms with E-state index in [-0.39, 0.29) is 0 Å². The Hall–Kier alpha value is -6.56. The summed E-state index contributed by atoms with van der Waals surface area (Å²) in [6.07, 6.45) is 0. The molecule has 11 aromatic rings. The maximum atomic E-state index is 5.43. The van der Waals surface area contributed by atoms with Gasteiger partial charge in [0.2, 0.25) is 0 Å². The Kier molecular flexibility index (Phi) is 6.09. The fraction of sp³-hybridized carbons (Fsp3) is 0. The second-order valence-electron chi connectivity index (χ2n) is 13.0. The minimum Gasteiger partial charge on any atom is -0.307 e. The Morgan fingerprint density at radius 3 is 1.75 bits per heavy atom. The van der Waals surface area contributed by atoms with Crippen molar-refractivity contribution in [3.05, 3.63) is 170 Å². The fourth-order valence-corrected chi connectivity index (χ4v) is 9.08. The van der Waals surface area contributed by atoms with Gasteiger partial charge in [0, 0.05) is 53.8 Å². The van der Waals surface area contributed by atoms with E-state index in [0.29, 0.717) is 5.82 Å². The topological polar surface area (TPSA) is 35.6 Å². The minimum absolute atomic E-state index is 0.713. The summed E-state index contributed by atoms with van der Waals surface area (Å²) in [6, 6.07) is 60.5. The van der Waals surface area contributed by atoms with E-state index < -0.39 is 0 Å². The predicted molar refractivity (Wildman–Crippen MR) is 214 cm³/mol. The molecule has 0 saturated heterocycles. The molecule has 0 radical (unpaired) electrons. The number of rotatable bonds is 4. The van der Waals surface area contributed by atoms with Crippen molar-refractivity contribution >= 4 is 75.3 Å². The summed E-state index contributed by atoms with van der Waals surface area (Å²) < 4.78 is 6.09. The first-order valence-electron chi connectivity index (χ1n) is 17.2. The third-order valence-electron chi connectivity index (χ3n) is 10.2. The van der Waals surface area contributed by atoms with Crippen molar-refractivity contribution in [1.82, 2.24) is 19.1 Å². The molecule has 0 spiro atoms. The maximum Gasteiger partial charge on any atom is 0.163 e. The highest BCUT2D eigenvalue weighted by Gasteiger charge is 2.24. The van der Waals surface area contributed by atoms with Crippen LogP contribution in [0.5, 0.6) is 0 Å². The normalized spacial score (nSPS) is 11.9. The first-order chi connectivity index (χ1) is 25.3.